The van der Waals surface area contributed by atoms with Crippen LogP contribution in [0.1, 0.15) is 23.8 Å². The van der Waals surface area contributed by atoms with Gasteiger partial charge >= 0.3 is 5.97 Å². The number of ether oxygens (including phenoxy) is 1. The Labute approximate surface area is 136 Å². The topological polar surface area (TPSA) is 103 Å². The minimum absolute atomic E-state index is 0. The van der Waals surface area contributed by atoms with Crippen molar-refractivity contribution in [1.29, 1.82) is 0 Å². The molecule has 0 saturated carbocycles. The van der Waals surface area contributed by atoms with Gasteiger partial charge in [-0.2, -0.15) is 4.31 Å². The average Bonchev–Trinajstić information content (AvgIpc) is 2.90. The van der Waals surface area contributed by atoms with Crippen molar-refractivity contribution >= 4 is 28.4 Å². The van der Waals surface area contributed by atoms with E-state index in [1.807, 2.05) is 6.92 Å². The Kier molecular flexibility index (Phi) is 5.91. The van der Waals surface area contributed by atoms with E-state index in [1.165, 1.54) is 29.7 Å². The van der Waals surface area contributed by atoms with Gasteiger partial charge in [-0.3, -0.25) is 0 Å². The van der Waals surface area contributed by atoms with Crippen molar-refractivity contribution in [2.75, 3.05) is 26.7 Å². The van der Waals surface area contributed by atoms with Crippen LogP contribution in [0.3, 0.4) is 0 Å². The molecule has 9 heteroatoms. The van der Waals surface area contributed by atoms with Crippen LogP contribution in [0.2, 0.25) is 0 Å². The number of pyridine rings is 1. The molecule has 2 heterocycles. The average molecular weight is 350 g/mol. The first-order valence-electron chi connectivity index (χ1n) is 6.57. The second kappa shape index (κ2) is 6.91. The molecule has 2 rings (SSSR count). The number of rotatable bonds is 4. The van der Waals surface area contributed by atoms with Crippen molar-refractivity contribution in [3.63, 3.8) is 0 Å². The molecule has 124 valence electrons. The number of nitrogens with two attached hydrogens (primary N) is 1. The summed E-state index contributed by atoms with van der Waals surface area (Å²) < 4.78 is 31.0. The highest BCUT2D eigenvalue weighted by Crippen LogP contribution is 2.32. The van der Waals surface area contributed by atoms with Crippen LogP contribution in [0.5, 0.6) is 0 Å². The Hall–Kier alpha value is -1.22. The summed E-state index contributed by atoms with van der Waals surface area (Å²) in [6, 6.07) is 2.71. The molecule has 7 nitrogen and oxygen atoms in total. The van der Waals surface area contributed by atoms with E-state index in [2.05, 4.69) is 9.72 Å². The Morgan fingerprint density at radius 3 is 2.64 bits per heavy atom. The molecule has 22 heavy (non-hydrogen) atoms. The van der Waals surface area contributed by atoms with Gasteiger partial charge in [-0.25, -0.2) is 18.2 Å². The molecule has 0 aliphatic carbocycles. The number of hydrogen-bond acceptors (Lipinski definition) is 6. The van der Waals surface area contributed by atoms with E-state index in [-0.39, 0.29) is 28.4 Å². The number of esters is 1. The second-order valence-corrected chi connectivity index (χ2v) is 7.41. The standard InChI is InChI=1S/C13H19N3O4S.ClH/c1-13(8-14)5-6-16(9-13)21(18,19)10-3-4-11(15-7-10)12(17)20-2;/h3-4,7H,5-6,8-9,14H2,1-2H3;1H. The number of carbonyl (C=O) groups excluding carboxylic acids is 1. The Bertz CT molecular complexity index is 635. The SMILES string of the molecule is COC(=O)c1ccc(S(=O)(=O)N2CCC(C)(CN)C2)cn1.Cl. The Morgan fingerprint density at radius 1 is 1.50 bits per heavy atom. The molecule has 2 N–H and O–H groups in total. The van der Waals surface area contributed by atoms with Crippen molar-refractivity contribution in [3.05, 3.63) is 24.0 Å². The summed E-state index contributed by atoms with van der Waals surface area (Å²) in [6.07, 6.45) is 1.91. The molecular formula is C13H20ClN3O4S. The summed E-state index contributed by atoms with van der Waals surface area (Å²) in [7, 11) is -2.36. The lowest BCUT2D eigenvalue weighted by atomic mass is 9.90. The number of nitrogens with zero attached hydrogens (tertiary/aromatic N) is 2. The van der Waals surface area contributed by atoms with E-state index >= 15 is 0 Å². The third-order valence-electron chi connectivity index (χ3n) is 3.78. The molecule has 0 bridgehead atoms. The van der Waals surface area contributed by atoms with Crippen molar-refractivity contribution in [2.24, 2.45) is 11.1 Å². The fraction of sp³-hybridized carbons (Fsp3) is 0.538. The summed E-state index contributed by atoms with van der Waals surface area (Å²) in [5.74, 6) is -0.601. The highest BCUT2D eigenvalue weighted by Gasteiger charge is 2.39. The van der Waals surface area contributed by atoms with E-state index in [1.54, 1.807) is 0 Å². The predicted octanol–water partition coefficient (Wildman–Crippen LogP) is 0.649. The van der Waals surface area contributed by atoms with Gasteiger partial charge < -0.3 is 10.5 Å². The molecule has 0 amide bonds. The first kappa shape index (κ1) is 18.8. The van der Waals surface area contributed by atoms with Crippen molar-refractivity contribution < 1.29 is 17.9 Å². The first-order valence-corrected chi connectivity index (χ1v) is 8.01. The van der Waals surface area contributed by atoms with Crippen molar-refractivity contribution in [3.8, 4) is 0 Å². The lowest BCUT2D eigenvalue weighted by Gasteiger charge is -2.22. The van der Waals surface area contributed by atoms with E-state index in [0.29, 0.717) is 19.6 Å². The zero-order chi connectivity index (χ0) is 15.7. The van der Waals surface area contributed by atoms with Gasteiger partial charge in [0.05, 0.1) is 7.11 Å². The zero-order valence-electron chi connectivity index (χ0n) is 12.5. The van der Waals surface area contributed by atoms with Crippen LogP contribution in [-0.2, 0) is 14.8 Å². The van der Waals surface area contributed by atoms with E-state index in [9.17, 15) is 13.2 Å². The van der Waals surface area contributed by atoms with Crippen LogP contribution >= 0.6 is 12.4 Å². The summed E-state index contributed by atoms with van der Waals surface area (Å²) in [4.78, 5) is 15.2. The highest BCUT2D eigenvalue weighted by atomic mass is 35.5. The number of hydrogen-bond donors (Lipinski definition) is 1. The summed E-state index contributed by atoms with van der Waals surface area (Å²) >= 11 is 0. The van der Waals surface area contributed by atoms with Crippen LogP contribution < -0.4 is 5.73 Å². The molecule has 0 spiro atoms. The predicted molar refractivity (Wildman–Crippen MR) is 83.4 cm³/mol. The third kappa shape index (κ3) is 3.57. The quantitative estimate of drug-likeness (QED) is 0.800. The molecule has 1 aromatic rings. The normalized spacial score (nSPS) is 22.1. The minimum atomic E-state index is -3.61. The molecule has 1 unspecified atom stereocenters. The van der Waals surface area contributed by atoms with Crippen molar-refractivity contribution in [2.45, 2.75) is 18.2 Å². The molecule has 1 saturated heterocycles. The largest absolute Gasteiger partial charge is 0.464 e. The van der Waals surface area contributed by atoms with E-state index in [0.717, 1.165) is 6.42 Å². The summed E-state index contributed by atoms with van der Waals surface area (Å²) in [6.45, 7) is 3.25. The molecule has 1 atom stereocenters. The van der Waals surface area contributed by atoms with Crippen LogP contribution in [0, 0.1) is 5.41 Å². The first-order chi connectivity index (χ1) is 9.82. The molecule has 0 radical (unpaired) electrons. The number of sulfonamides is 1. The minimum Gasteiger partial charge on any atom is -0.464 e. The lowest BCUT2D eigenvalue weighted by molar-refractivity contribution is 0.0594. The van der Waals surface area contributed by atoms with Crippen LogP contribution in [0.15, 0.2) is 23.2 Å². The lowest BCUT2D eigenvalue weighted by Crippen LogP contribution is -2.34. The van der Waals surface area contributed by atoms with Crippen LogP contribution in [-0.4, -0.2) is 50.4 Å². The molecule has 1 aliphatic heterocycles. The number of halogens is 1. The monoisotopic (exact) mass is 349 g/mol. The van der Waals surface area contributed by atoms with Gasteiger partial charge in [0, 0.05) is 19.3 Å². The molecule has 0 aromatic carbocycles. The van der Waals surface area contributed by atoms with Gasteiger partial charge in [-0.15, -0.1) is 12.4 Å². The molecule has 1 aromatic heterocycles. The number of methoxy groups -OCH3 is 1. The maximum absolute atomic E-state index is 12.5. The highest BCUT2D eigenvalue weighted by molar-refractivity contribution is 7.89. The molecule has 1 fully saturated rings. The smallest absolute Gasteiger partial charge is 0.356 e. The number of carbonyl (C=O) groups is 1. The van der Waals surface area contributed by atoms with Crippen LogP contribution in [0.25, 0.3) is 0 Å². The van der Waals surface area contributed by atoms with Crippen molar-refractivity contribution in [1.82, 2.24) is 9.29 Å². The Morgan fingerprint density at radius 2 is 2.18 bits per heavy atom. The van der Waals surface area contributed by atoms with Gasteiger partial charge in [0.15, 0.2) is 0 Å². The zero-order valence-corrected chi connectivity index (χ0v) is 14.1. The fourth-order valence-electron chi connectivity index (χ4n) is 2.26. The maximum atomic E-state index is 12.5. The number of aromatic nitrogens is 1. The van der Waals surface area contributed by atoms with E-state index in [4.69, 9.17) is 5.73 Å². The van der Waals surface area contributed by atoms with Crippen LogP contribution in [0.4, 0.5) is 0 Å². The fourth-order valence-corrected chi connectivity index (χ4v) is 3.79. The van der Waals surface area contributed by atoms with Gasteiger partial charge in [0.1, 0.15) is 10.6 Å². The third-order valence-corrected chi connectivity index (χ3v) is 5.61. The van der Waals surface area contributed by atoms with Gasteiger partial charge in [0.25, 0.3) is 0 Å². The van der Waals surface area contributed by atoms with Gasteiger partial charge in [0.2, 0.25) is 10.0 Å². The second-order valence-electron chi connectivity index (χ2n) is 5.47. The molecule has 1 aliphatic rings. The van der Waals surface area contributed by atoms with E-state index < -0.39 is 16.0 Å². The van der Waals surface area contributed by atoms with Gasteiger partial charge in [-0.1, -0.05) is 6.92 Å². The summed E-state index contributed by atoms with van der Waals surface area (Å²) in [5, 5.41) is 0. The molecular weight excluding hydrogens is 330 g/mol. The van der Waals surface area contributed by atoms with Gasteiger partial charge in [-0.05, 0) is 30.5 Å². The maximum Gasteiger partial charge on any atom is 0.356 e. The Balaban J connectivity index is 0.00000242. The summed E-state index contributed by atoms with van der Waals surface area (Å²) in [5.41, 5.74) is 5.58.